The zero-order valence-corrected chi connectivity index (χ0v) is 13.0. The van der Waals surface area contributed by atoms with Crippen molar-refractivity contribution in [3.05, 3.63) is 54.1 Å². The van der Waals surface area contributed by atoms with E-state index in [0.717, 1.165) is 24.5 Å². The molecule has 4 heteroatoms. The predicted octanol–water partition coefficient (Wildman–Crippen LogP) is 3.49. The third-order valence-electron chi connectivity index (χ3n) is 3.64. The first-order valence-electron chi connectivity index (χ1n) is 7.49. The van der Waals surface area contributed by atoms with Crippen molar-refractivity contribution in [2.75, 3.05) is 27.4 Å². The van der Waals surface area contributed by atoms with E-state index in [1.54, 1.807) is 0 Å². The van der Waals surface area contributed by atoms with Gasteiger partial charge in [-0.15, -0.1) is 0 Å². The summed E-state index contributed by atoms with van der Waals surface area (Å²) in [6.07, 6.45) is 0.890. The number of rotatable bonds is 6. The Morgan fingerprint density at radius 3 is 2.64 bits per heavy atom. The molecule has 0 amide bonds. The number of hydrogen-bond acceptors (Lipinski definition) is 4. The van der Waals surface area contributed by atoms with Crippen molar-refractivity contribution in [1.82, 2.24) is 4.90 Å². The fourth-order valence-electron chi connectivity index (χ4n) is 2.49. The lowest BCUT2D eigenvalue weighted by Gasteiger charge is -2.22. The average molecular weight is 299 g/mol. The lowest BCUT2D eigenvalue weighted by atomic mass is 10.1. The molecule has 0 unspecified atom stereocenters. The molecule has 0 saturated carbocycles. The van der Waals surface area contributed by atoms with Gasteiger partial charge >= 0.3 is 0 Å². The van der Waals surface area contributed by atoms with E-state index < -0.39 is 0 Å². The number of fused-ring (bicyclic) bond motifs is 1. The molecule has 0 saturated heterocycles. The molecule has 0 radical (unpaired) electrons. The average Bonchev–Trinajstić information content (AvgIpc) is 3.01. The summed E-state index contributed by atoms with van der Waals surface area (Å²) in [5, 5.41) is 0. The quantitative estimate of drug-likeness (QED) is 0.817. The van der Waals surface area contributed by atoms with E-state index in [1.807, 2.05) is 36.4 Å². The van der Waals surface area contributed by atoms with Gasteiger partial charge in [0.05, 0.1) is 0 Å². The van der Waals surface area contributed by atoms with Crippen LogP contribution in [0.3, 0.4) is 0 Å². The molecule has 0 aromatic heterocycles. The number of hydrogen-bond donors (Lipinski definition) is 0. The molecule has 0 spiro atoms. The SMILES string of the molecule is CN(C)CC[C@@H](Oc1cccc2c1OCO2)c1ccccc1. The van der Waals surface area contributed by atoms with Crippen LogP contribution < -0.4 is 14.2 Å². The van der Waals surface area contributed by atoms with Crippen LogP contribution in [0.5, 0.6) is 17.2 Å². The van der Waals surface area contributed by atoms with Gasteiger partial charge < -0.3 is 19.1 Å². The molecule has 3 rings (SSSR count). The van der Waals surface area contributed by atoms with Gasteiger partial charge in [-0.3, -0.25) is 0 Å². The maximum atomic E-state index is 6.26. The largest absolute Gasteiger partial charge is 0.482 e. The Morgan fingerprint density at radius 2 is 1.86 bits per heavy atom. The van der Waals surface area contributed by atoms with E-state index in [2.05, 4.69) is 31.1 Å². The molecular weight excluding hydrogens is 278 g/mol. The minimum absolute atomic E-state index is 0.0145. The third kappa shape index (κ3) is 3.34. The van der Waals surface area contributed by atoms with E-state index in [-0.39, 0.29) is 12.9 Å². The lowest BCUT2D eigenvalue weighted by Crippen LogP contribution is -2.18. The molecule has 0 aliphatic carbocycles. The predicted molar refractivity (Wildman–Crippen MR) is 85.5 cm³/mol. The first-order chi connectivity index (χ1) is 10.7. The van der Waals surface area contributed by atoms with E-state index in [4.69, 9.17) is 14.2 Å². The van der Waals surface area contributed by atoms with E-state index in [0.29, 0.717) is 5.75 Å². The van der Waals surface area contributed by atoms with E-state index in [9.17, 15) is 0 Å². The number of benzene rings is 2. The monoisotopic (exact) mass is 299 g/mol. The summed E-state index contributed by atoms with van der Waals surface area (Å²) in [6, 6.07) is 16.0. The van der Waals surface area contributed by atoms with Crippen LogP contribution in [0.25, 0.3) is 0 Å². The normalized spacial score (nSPS) is 14.1. The van der Waals surface area contributed by atoms with Crippen molar-refractivity contribution in [1.29, 1.82) is 0 Å². The van der Waals surface area contributed by atoms with Crippen LogP contribution in [-0.4, -0.2) is 32.3 Å². The molecule has 4 nitrogen and oxygen atoms in total. The molecule has 0 fully saturated rings. The fraction of sp³-hybridized carbons (Fsp3) is 0.333. The van der Waals surface area contributed by atoms with Crippen molar-refractivity contribution in [3.63, 3.8) is 0 Å². The molecule has 1 atom stereocenters. The summed E-state index contributed by atoms with van der Waals surface area (Å²) in [5.41, 5.74) is 1.17. The summed E-state index contributed by atoms with van der Waals surface area (Å²) >= 11 is 0. The Hall–Kier alpha value is -2.20. The first-order valence-corrected chi connectivity index (χ1v) is 7.49. The summed E-state index contributed by atoms with van der Waals surface area (Å²) in [4.78, 5) is 2.16. The van der Waals surface area contributed by atoms with Gasteiger partial charge in [-0.25, -0.2) is 0 Å². The van der Waals surface area contributed by atoms with Crippen molar-refractivity contribution < 1.29 is 14.2 Å². The highest BCUT2D eigenvalue weighted by Crippen LogP contribution is 2.42. The van der Waals surface area contributed by atoms with Gasteiger partial charge in [-0.05, 0) is 31.8 Å². The number of ether oxygens (including phenoxy) is 3. The minimum Gasteiger partial charge on any atom is -0.482 e. The summed E-state index contributed by atoms with van der Waals surface area (Å²) in [6.45, 7) is 1.20. The van der Waals surface area contributed by atoms with Crippen LogP contribution in [0, 0.1) is 0 Å². The van der Waals surface area contributed by atoms with Gasteiger partial charge in [0.25, 0.3) is 0 Å². The maximum absolute atomic E-state index is 6.26. The lowest BCUT2D eigenvalue weighted by molar-refractivity contribution is 0.153. The first kappa shape index (κ1) is 14.7. The molecule has 1 heterocycles. The Balaban J connectivity index is 1.82. The number of nitrogens with zero attached hydrogens (tertiary/aromatic N) is 1. The zero-order chi connectivity index (χ0) is 15.4. The molecule has 1 aliphatic heterocycles. The van der Waals surface area contributed by atoms with Crippen molar-refractivity contribution in [2.24, 2.45) is 0 Å². The Kier molecular flexibility index (Phi) is 4.49. The van der Waals surface area contributed by atoms with Gasteiger partial charge in [-0.2, -0.15) is 0 Å². The highest BCUT2D eigenvalue weighted by Gasteiger charge is 2.22. The maximum Gasteiger partial charge on any atom is 0.231 e. The van der Waals surface area contributed by atoms with Crippen molar-refractivity contribution in [2.45, 2.75) is 12.5 Å². The second-order valence-corrected chi connectivity index (χ2v) is 5.60. The summed E-state index contributed by atoms with van der Waals surface area (Å²) < 4.78 is 17.2. The van der Waals surface area contributed by atoms with Crippen LogP contribution in [0.2, 0.25) is 0 Å². The number of para-hydroxylation sites is 1. The summed E-state index contributed by atoms with van der Waals surface area (Å²) in [7, 11) is 4.14. The highest BCUT2D eigenvalue weighted by molar-refractivity contribution is 5.52. The van der Waals surface area contributed by atoms with Crippen molar-refractivity contribution in [3.8, 4) is 17.2 Å². The molecular formula is C18H21NO3. The zero-order valence-electron chi connectivity index (χ0n) is 13.0. The molecule has 0 N–H and O–H groups in total. The Bertz CT molecular complexity index is 613. The van der Waals surface area contributed by atoms with Crippen LogP contribution in [-0.2, 0) is 0 Å². The summed E-state index contributed by atoms with van der Waals surface area (Å²) in [5.74, 6) is 2.19. The van der Waals surface area contributed by atoms with Crippen LogP contribution in [0.4, 0.5) is 0 Å². The smallest absolute Gasteiger partial charge is 0.231 e. The topological polar surface area (TPSA) is 30.9 Å². The van der Waals surface area contributed by atoms with E-state index in [1.165, 1.54) is 5.56 Å². The second kappa shape index (κ2) is 6.71. The second-order valence-electron chi connectivity index (χ2n) is 5.60. The molecule has 22 heavy (non-hydrogen) atoms. The van der Waals surface area contributed by atoms with Gasteiger partial charge in [0.15, 0.2) is 11.5 Å². The Labute approximate surface area is 131 Å². The minimum atomic E-state index is -0.0145. The van der Waals surface area contributed by atoms with Crippen LogP contribution in [0.15, 0.2) is 48.5 Å². The molecule has 2 aromatic carbocycles. The molecule has 116 valence electrons. The highest BCUT2D eigenvalue weighted by atomic mass is 16.7. The van der Waals surface area contributed by atoms with Crippen LogP contribution >= 0.6 is 0 Å². The molecule has 0 bridgehead atoms. The fourth-order valence-corrected chi connectivity index (χ4v) is 2.49. The van der Waals surface area contributed by atoms with Crippen LogP contribution in [0.1, 0.15) is 18.1 Å². The van der Waals surface area contributed by atoms with E-state index >= 15 is 0 Å². The van der Waals surface area contributed by atoms with Gasteiger partial charge in [0.1, 0.15) is 6.10 Å². The van der Waals surface area contributed by atoms with Gasteiger partial charge in [-0.1, -0.05) is 36.4 Å². The molecule has 2 aromatic rings. The van der Waals surface area contributed by atoms with Gasteiger partial charge in [0.2, 0.25) is 12.5 Å². The molecule has 1 aliphatic rings. The third-order valence-corrected chi connectivity index (χ3v) is 3.64. The standard InChI is InChI=1S/C18H21NO3/c1-19(2)12-11-15(14-7-4-3-5-8-14)22-17-10-6-9-16-18(17)21-13-20-16/h3-10,15H,11-13H2,1-2H3/t15-/m1/s1. The van der Waals surface area contributed by atoms with Gasteiger partial charge in [0, 0.05) is 13.0 Å². The Morgan fingerprint density at radius 1 is 1.05 bits per heavy atom. The van der Waals surface area contributed by atoms with Crippen molar-refractivity contribution >= 4 is 0 Å².